The number of ether oxygens (including phenoxy) is 3. The number of pyridine rings is 1. The molecule has 3 rings (SSSR count). The molecule has 116 valence electrons. The van der Waals surface area contributed by atoms with Gasteiger partial charge in [0, 0.05) is 24.4 Å². The minimum Gasteiger partial charge on any atom is -0.485 e. The lowest BCUT2D eigenvalue weighted by atomic mass is 10.0. The van der Waals surface area contributed by atoms with Crippen molar-refractivity contribution in [2.45, 2.75) is 19.6 Å². The second kappa shape index (κ2) is 5.81. The summed E-state index contributed by atoms with van der Waals surface area (Å²) in [6.07, 6.45) is 1.22. The summed E-state index contributed by atoms with van der Waals surface area (Å²) in [6.45, 7) is 2.39. The van der Waals surface area contributed by atoms with Gasteiger partial charge < -0.3 is 19.9 Å². The van der Waals surface area contributed by atoms with E-state index in [1.807, 2.05) is 13.0 Å². The first-order valence-electron chi connectivity index (χ1n) is 6.95. The van der Waals surface area contributed by atoms with Crippen molar-refractivity contribution in [3.05, 3.63) is 46.9 Å². The highest BCUT2D eigenvalue weighted by Crippen LogP contribution is 2.42. The van der Waals surface area contributed by atoms with Crippen LogP contribution in [0.3, 0.4) is 0 Å². The van der Waals surface area contributed by atoms with Gasteiger partial charge in [-0.3, -0.25) is 0 Å². The largest absolute Gasteiger partial charge is 0.485 e. The van der Waals surface area contributed by atoms with Crippen LogP contribution in [0.5, 0.6) is 17.4 Å². The molecule has 0 spiro atoms. The molecule has 1 atom stereocenters. The summed E-state index contributed by atoms with van der Waals surface area (Å²) in [6, 6.07) is 4.95. The van der Waals surface area contributed by atoms with E-state index in [0.29, 0.717) is 17.2 Å². The first-order chi connectivity index (χ1) is 10.6. The van der Waals surface area contributed by atoms with Gasteiger partial charge in [0.15, 0.2) is 23.4 Å². The van der Waals surface area contributed by atoms with Crippen LogP contribution in [0.1, 0.15) is 22.8 Å². The number of hydrogen-bond acceptors (Lipinski definition) is 5. The maximum atomic E-state index is 14.2. The molecule has 0 radical (unpaired) electrons. The Balaban J connectivity index is 1.91. The molecule has 22 heavy (non-hydrogen) atoms. The van der Waals surface area contributed by atoms with Gasteiger partial charge in [-0.25, -0.2) is 9.37 Å². The van der Waals surface area contributed by atoms with Crippen LogP contribution in [-0.2, 0) is 6.54 Å². The highest BCUT2D eigenvalue weighted by Gasteiger charge is 2.28. The molecule has 1 aromatic heterocycles. The van der Waals surface area contributed by atoms with Crippen molar-refractivity contribution >= 4 is 0 Å². The first kappa shape index (κ1) is 14.6. The van der Waals surface area contributed by atoms with Gasteiger partial charge in [-0.2, -0.15) is 0 Å². The van der Waals surface area contributed by atoms with E-state index in [2.05, 4.69) is 4.98 Å². The van der Waals surface area contributed by atoms with Crippen molar-refractivity contribution in [3.8, 4) is 17.4 Å². The molecule has 5 nitrogen and oxygen atoms in total. The summed E-state index contributed by atoms with van der Waals surface area (Å²) >= 11 is 0. The highest BCUT2D eigenvalue weighted by molar-refractivity contribution is 5.52. The molecule has 6 heteroatoms. The standard InChI is InChI=1S/C16H17FN2O3/c1-9-11(6-18)5-12(17)16-15(9)21-8-13(22-16)10-3-4-14(20-2)19-7-10/h3-5,7,13H,6,8,18H2,1-2H3. The minimum atomic E-state index is -0.466. The lowest BCUT2D eigenvalue weighted by Crippen LogP contribution is -2.23. The van der Waals surface area contributed by atoms with Crippen LogP contribution in [0, 0.1) is 12.7 Å². The van der Waals surface area contributed by atoms with E-state index in [1.165, 1.54) is 6.07 Å². The van der Waals surface area contributed by atoms with E-state index in [1.54, 1.807) is 19.4 Å². The lowest BCUT2D eigenvalue weighted by Gasteiger charge is -2.28. The smallest absolute Gasteiger partial charge is 0.212 e. The second-order valence-corrected chi connectivity index (χ2v) is 5.06. The fourth-order valence-electron chi connectivity index (χ4n) is 2.45. The lowest BCUT2D eigenvalue weighted by molar-refractivity contribution is 0.0845. The zero-order valence-electron chi connectivity index (χ0n) is 12.4. The molecule has 0 amide bonds. The average molecular weight is 304 g/mol. The average Bonchev–Trinajstić information content (AvgIpc) is 2.57. The van der Waals surface area contributed by atoms with Crippen molar-refractivity contribution in [2.24, 2.45) is 5.73 Å². The number of hydrogen-bond donors (Lipinski definition) is 1. The van der Waals surface area contributed by atoms with Crippen LogP contribution in [0.4, 0.5) is 4.39 Å². The van der Waals surface area contributed by atoms with Crippen molar-refractivity contribution in [2.75, 3.05) is 13.7 Å². The van der Waals surface area contributed by atoms with Gasteiger partial charge in [0.05, 0.1) is 7.11 Å². The summed E-state index contributed by atoms with van der Waals surface area (Å²) in [4.78, 5) is 4.13. The second-order valence-electron chi connectivity index (χ2n) is 5.06. The molecule has 0 bridgehead atoms. The summed E-state index contributed by atoms with van der Waals surface area (Å²) < 4.78 is 30.7. The molecule has 1 aliphatic heterocycles. The normalized spacial score (nSPS) is 16.5. The third-order valence-corrected chi connectivity index (χ3v) is 3.75. The molecule has 0 saturated carbocycles. The van der Waals surface area contributed by atoms with E-state index >= 15 is 0 Å². The number of halogens is 1. The number of nitrogens with zero attached hydrogens (tertiary/aromatic N) is 1. The number of fused-ring (bicyclic) bond motifs is 1. The van der Waals surface area contributed by atoms with Crippen LogP contribution >= 0.6 is 0 Å². The van der Waals surface area contributed by atoms with E-state index < -0.39 is 11.9 Å². The van der Waals surface area contributed by atoms with Gasteiger partial charge in [-0.05, 0) is 30.2 Å². The van der Waals surface area contributed by atoms with Gasteiger partial charge in [-0.1, -0.05) is 0 Å². The monoisotopic (exact) mass is 304 g/mol. The van der Waals surface area contributed by atoms with E-state index in [-0.39, 0.29) is 18.9 Å². The van der Waals surface area contributed by atoms with Gasteiger partial charge in [0.25, 0.3) is 0 Å². The predicted octanol–water partition coefficient (Wildman–Crippen LogP) is 2.51. The van der Waals surface area contributed by atoms with Crippen molar-refractivity contribution < 1.29 is 18.6 Å². The molecule has 0 aliphatic carbocycles. The Morgan fingerprint density at radius 1 is 1.41 bits per heavy atom. The van der Waals surface area contributed by atoms with E-state index in [9.17, 15) is 4.39 Å². The zero-order valence-corrected chi connectivity index (χ0v) is 12.4. The van der Waals surface area contributed by atoms with Crippen LogP contribution < -0.4 is 19.9 Å². The Morgan fingerprint density at radius 3 is 2.86 bits per heavy atom. The van der Waals surface area contributed by atoms with Crippen LogP contribution in [0.2, 0.25) is 0 Å². The molecular weight excluding hydrogens is 287 g/mol. The predicted molar refractivity (Wildman–Crippen MR) is 78.7 cm³/mol. The molecular formula is C16H17FN2O3. The molecule has 2 heterocycles. The molecule has 0 fully saturated rings. The molecule has 1 aromatic carbocycles. The van der Waals surface area contributed by atoms with E-state index in [4.69, 9.17) is 19.9 Å². The zero-order chi connectivity index (χ0) is 15.7. The number of methoxy groups -OCH3 is 1. The summed E-state index contributed by atoms with van der Waals surface area (Å²) in [5.41, 5.74) is 7.94. The molecule has 2 aromatic rings. The first-order valence-corrected chi connectivity index (χ1v) is 6.95. The Labute approximate surface area is 127 Å². The Morgan fingerprint density at radius 2 is 2.23 bits per heavy atom. The number of rotatable bonds is 3. The van der Waals surface area contributed by atoms with Crippen molar-refractivity contribution in [1.82, 2.24) is 4.98 Å². The fraction of sp³-hybridized carbons (Fsp3) is 0.312. The highest BCUT2D eigenvalue weighted by atomic mass is 19.1. The van der Waals surface area contributed by atoms with Gasteiger partial charge in [0.1, 0.15) is 6.61 Å². The molecule has 2 N–H and O–H groups in total. The number of nitrogens with two attached hydrogens (primary N) is 1. The minimum absolute atomic E-state index is 0.127. The van der Waals surface area contributed by atoms with Crippen molar-refractivity contribution in [3.63, 3.8) is 0 Å². The van der Waals surface area contributed by atoms with Crippen LogP contribution in [0.15, 0.2) is 24.4 Å². The third-order valence-electron chi connectivity index (χ3n) is 3.75. The van der Waals surface area contributed by atoms with Gasteiger partial charge in [0.2, 0.25) is 5.88 Å². The topological polar surface area (TPSA) is 66.6 Å². The maximum absolute atomic E-state index is 14.2. The van der Waals surface area contributed by atoms with Crippen LogP contribution in [-0.4, -0.2) is 18.7 Å². The SMILES string of the molecule is COc1ccc(C2COc3c(C)c(CN)cc(F)c3O2)cn1. The van der Waals surface area contributed by atoms with Gasteiger partial charge in [-0.15, -0.1) is 0 Å². The molecule has 1 unspecified atom stereocenters. The molecule has 1 aliphatic rings. The van der Waals surface area contributed by atoms with Crippen LogP contribution in [0.25, 0.3) is 0 Å². The third kappa shape index (κ3) is 2.46. The fourth-order valence-corrected chi connectivity index (χ4v) is 2.45. The summed E-state index contributed by atoms with van der Waals surface area (Å²) in [5.74, 6) is 0.600. The van der Waals surface area contributed by atoms with Crippen molar-refractivity contribution in [1.29, 1.82) is 0 Å². The Bertz CT molecular complexity index is 689. The Hall–Kier alpha value is -2.34. The Kier molecular flexibility index (Phi) is 3.85. The van der Waals surface area contributed by atoms with E-state index in [0.717, 1.165) is 11.1 Å². The maximum Gasteiger partial charge on any atom is 0.212 e. The van der Waals surface area contributed by atoms with Gasteiger partial charge >= 0.3 is 0 Å². The number of aromatic nitrogens is 1. The summed E-state index contributed by atoms with van der Waals surface area (Å²) in [7, 11) is 1.55. The quantitative estimate of drug-likeness (QED) is 0.943. The molecule has 0 saturated heterocycles. The number of benzene rings is 1. The summed E-state index contributed by atoms with van der Waals surface area (Å²) in [5, 5.41) is 0.